The van der Waals surface area contributed by atoms with Crippen molar-refractivity contribution in [2.24, 2.45) is 4.99 Å². The molecule has 0 atom stereocenters. The number of esters is 1. The van der Waals surface area contributed by atoms with Gasteiger partial charge in [-0.1, -0.05) is 24.3 Å². The molecular weight excluding hydrogens is 342 g/mol. The summed E-state index contributed by atoms with van der Waals surface area (Å²) >= 11 is 0. The Morgan fingerprint density at radius 1 is 1.04 bits per heavy atom. The van der Waals surface area contributed by atoms with Crippen LogP contribution >= 0.6 is 0 Å². The Bertz CT molecular complexity index is 758. The van der Waals surface area contributed by atoms with Crippen molar-refractivity contribution >= 4 is 11.9 Å². The Morgan fingerprint density at radius 2 is 1.81 bits per heavy atom. The normalized spacial score (nSPS) is 11.0. The standard InChI is InChI=1S/C21H27N3O3/c1-4-22-21(24-15-17-7-6-8-19(13-17)26-3)23-14-16-9-11-18(12-10-16)20(25)27-5-2/h6-13H,4-5,14-15H2,1-3H3,(H2,22,23,24). The summed E-state index contributed by atoms with van der Waals surface area (Å²) < 4.78 is 10.2. The third-order valence-electron chi connectivity index (χ3n) is 3.82. The zero-order valence-corrected chi connectivity index (χ0v) is 16.1. The van der Waals surface area contributed by atoms with Crippen LogP contribution in [0.15, 0.2) is 53.5 Å². The molecule has 0 saturated heterocycles. The van der Waals surface area contributed by atoms with Crippen LogP contribution in [0.5, 0.6) is 5.75 Å². The molecule has 2 rings (SSSR count). The van der Waals surface area contributed by atoms with Gasteiger partial charge >= 0.3 is 5.97 Å². The number of nitrogens with zero attached hydrogens (tertiary/aromatic N) is 1. The second-order valence-corrected chi connectivity index (χ2v) is 5.82. The minimum absolute atomic E-state index is 0.301. The number of ether oxygens (including phenoxy) is 2. The molecule has 0 bridgehead atoms. The van der Waals surface area contributed by atoms with Gasteiger partial charge in [-0.2, -0.15) is 0 Å². The van der Waals surface area contributed by atoms with Crippen molar-refractivity contribution in [2.45, 2.75) is 26.9 Å². The molecule has 0 aliphatic rings. The van der Waals surface area contributed by atoms with Crippen molar-refractivity contribution in [2.75, 3.05) is 20.3 Å². The van der Waals surface area contributed by atoms with Gasteiger partial charge in [0.25, 0.3) is 0 Å². The number of nitrogens with one attached hydrogen (secondary N) is 2. The molecular formula is C21H27N3O3. The third kappa shape index (κ3) is 6.66. The van der Waals surface area contributed by atoms with E-state index in [2.05, 4.69) is 15.6 Å². The molecule has 2 aromatic carbocycles. The van der Waals surface area contributed by atoms with E-state index in [-0.39, 0.29) is 5.97 Å². The number of methoxy groups -OCH3 is 1. The molecule has 0 spiro atoms. The predicted molar refractivity (Wildman–Crippen MR) is 107 cm³/mol. The minimum Gasteiger partial charge on any atom is -0.497 e. The average molecular weight is 369 g/mol. The average Bonchev–Trinajstić information content (AvgIpc) is 2.70. The largest absolute Gasteiger partial charge is 0.497 e. The van der Waals surface area contributed by atoms with E-state index in [1.807, 2.05) is 43.3 Å². The van der Waals surface area contributed by atoms with Crippen molar-refractivity contribution in [3.63, 3.8) is 0 Å². The van der Waals surface area contributed by atoms with Gasteiger partial charge in [-0.3, -0.25) is 0 Å². The Kier molecular flexibility index (Phi) is 8.16. The van der Waals surface area contributed by atoms with Crippen molar-refractivity contribution in [3.05, 3.63) is 65.2 Å². The van der Waals surface area contributed by atoms with E-state index < -0.39 is 0 Å². The summed E-state index contributed by atoms with van der Waals surface area (Å²) in [5.41, 5.74) is 2.68. The maximum Gasteiger partial charge on any atom is 0.338 e. The first-order chi connectivity index (χ1) is 13.2. The summed E-state index contributed by atoms with van der Waals surface area (Å²) in [5, 5.41) is 6.53. The van der Waals surface area contributed by atoms with Crippen LogP contribution in [0.1, 0.15) is 35.3 Å². The minimum atomic E-state index is -0.301. The molecule has 0 saturated carbocycles. The maximum atomic E-state index is 11.7. The van der Waals surface area contributed by atoms with Gasteiger partial charge in [0.15, 0.2) is 5.96 Å². The first-order valence-electron chi connectivity index (χ1n) is 9.07. The lowest BCUT2D eigenvalue weighted by molar-refractivity contribution is 0.0526. The summed E-state index contributed by atoms with van der Waals surface area (Å²) in [5.74, 6) is 1.25. The summed E-state index contributed by atoms with van der Waals surface area (Å²) in [4.78, 5) is 16.3. The Balaban J connectivity index is 1.96. The van der Waals surface area contributed by atoms with Gasteiger partial charge < -0.3 is 20.1 Å². The van der Waals surface area contributed by atoms with E-state index in [9.17, 15) is 4.79 Å². The number of guanidine groups is 1. The summed E-state index contributed by atoms with van der Waals surface area (Å²) in [6, 6.07) is 15.2. The molecule has 2 N–H and O–H groups in total. The zero-order valence-electron chi connectivity index (χ0n) is 16.1. The lowest BCUT2D eigenvalue weighted by atomic mass is 10.1. The molecule has 0 aliphatic heterocycles. The van der Waals surface area contributed by atoms with Crippen molar-refractivity contribution < 1.29 is 14.3 Å². The van der Waals surface area contributed by atoms with Gasteiger partial charge in [0.1, 0.15) is 5.75 Å². The van der Waals surface area contributed by atoms with Crippen LogP contribution in [0.25, 0.3) is 0 Å². The van der Waals surface area contributed by atoms with Gasteiger partial charge in [0, 0.05) is 13.1 Å². The van der Waals surface area contributed by atoms with Gasteiger partial charge in [0.05, 0.1) is 25.8 Å². The molecule has 0 unspecified atom stereocenters. The van der Waals surface area contributed by atoms with Crippen molar-refractivity contribution in [1.29, 1.82) is 0 Å². The highest BCUT2D eigenvalue weighted by Gasteiger charge is 2.06. The fourth-order valence-electron chi connectivity index (χ4n) is 2.44. The van der Waals surface area contributed by atoms with Gasteiger partial charge in [-0.15, -0.1) is 0 Å². The Hall–Kier alpha value is -3.02. The molecule has 0 fully saturated rings. The topological polar surface area (TPSA) is 72.0 Å². The van der Waals surface area contributed by atoms with Crippen LogP contribution in [-0.4, -0.2) is 32.2 Å². The van der Waals surface area contributed by atoms with E-state index in [1.54, 1.807) is 26.2 Å². The summed E-state index contributed by atoms with van der Waals surface area (Å²) in [6.07, 6.45) is 0. The molecule has 2 aromatic rings. The quantitative estimate of drug-likeness (QED) is 0.425. The fraction of sp³-hybridized carbons (Fsp3) is 0.333. The molecule has 144 valence electrons. The Morgan fingerprint density at radius 3 is 2.48 bits per heavy atom. The summed E-state index contributed by atoms with van der Waals surface area (Å²) in [6.45, 7) is 6.12. The lowest BCUT2D eigenvalue weighted by Crippen LogP contribution is -2.36. The van der Waals surface area contributed by atoms with Gasteiger partial charge in [-0.05, 0) is 49.2 Å². The molecule has 6 nitrogen and oxygen atoms in total. The van der Waals surface area contributed by atoms with Crippen LogP contribution in [0.3, 0.4) is 0 Å². The monoisotopic (exact) mass is 369 g/mol. The molecule has 27 heavy (non-hydrogen) atoms. The zero-order chi connectivity index (χ0) is 19.5. The molecule has 0 aromatic heterocycles. The second-order valence-electron chi connectivity index (χ2n) is 5.82. The van der Waals surface area contributed by atoms with Crippen LogP contribution in [0.2, 0.25) is 0 Å². The smallest absolute Gasteiger partial charge is 0.338 e. The van der Waals surface area contributed by atoms with Crippen LogP contribution < -0.4 is 15.4 Å². The number of benzene rings is 2. The van der Waals surface area contributed by atoms with Gasteiger partial charge in [0.2, 0.25) is 0 Å². The van der Waals surface area contributed by atoms with Crippen LogP contribution in [-0.2, 0) is 17.8 Å². The molecule has 0 radical (unpaired) electrons. The van der Waals surface area contributed by atoms with Crippen LogP contribution in [0, 0.1) is 0 Å². The van der Waals surface area contributed by atoms with E-state index in [0.717, 1.165) is 29.4 Å². The van der Waals surface area contributed by atoms with E-state index in [4.69, 9.17) is 9.47 Å². The number of hydrogen-bond donors (Lipinski definition) is 2. The SMILES string of the molecule is CCNC(=NCc1cccc(OC)c1)NCc1ccc(C(=O)OCC)cc1. The predicted octanol–water partition coefficient (Wildman–Crippen LogP) is 3.13. The van der Waals surface area contributed by atoms with E-state index in [0.29, 0.717) is 25.3 Å². The molecule has 6 heteroatoms. The highest BCUT2D eigenvalue weighted by atomic mass is 16.5. The summed E-state index contributed by atoms with van der Waals surface area (Å²) in [7, 11) is 1.65. The lowest BCUT2D eigenvalue weighted by Gasteiger charge is -2.12. The van der Waals surface area contributed by atoms with Crippen molar-refractivity contribution in [3.8, 4) is 5.75 Å². The van der Waals surface area contributed by atoms with E-state index >= 15 is 0 Å². The highest BCUT2D eigenvalue weighted by molar-refractivity contribution is 5.89. The fourth-order valence-corrected chi connectivity index (χ4v) is 2.44. The van der Waals surface area contributed by atoms with Crippen LogP contribution in [0.4, 0.5) is 0 Å². The number of hydrogen-bond acceptors (Lipinski definition) is 4. The molecule has 0 amide bonds. The van der Waals surface area contributed by atoms with Crippen molar-refractivity contribution in [1.82, 2.24) is 10.6 Å². The van der Waals surface area contributed by atoms with Gasteiger partial charge in [-0.25, -0.2) is 9.79 Å². The first kappa shape index (κ1) is 20.3. The second kappa shape index (κ2) is 10.9. The third-order valence-corrected chi connectivity index (χ3v) is 3.82. The maximum absolute atomic E-state index is 11.7. The number of rotatable bonds is 8. The Labute approximate surface area is 160 Å². The number of carbonyl (C=O) groups excluding carboxylic acids is 1. The highest BCUT2D eigenvalue weighted by Crippen LogP contribution is 2.13. The molecule has 0 aliphatic carbocycles. The molecule has 0 heterocycles. The number of carbonyl (C=O) groups is 1. The van der Waals surface area contributed by atoms with E-state index in [1.165, 1.54) is 0 Å². The first-order valence-corrected chi connectivity index (χ1v) is 9.07. The number of aliphatic imine (C=N–C) groups is 1.